The van der Waals surface area contributed by atoms with Crippen LogP contribution in [0, 0.1) is 10.1 Å². The fourth-order valence-electron chi connectivity index (χ4n) is 1.73. The molecule has 7 nitrogen and oxygen atoms in total. The molecule has 2 aromatic carbocycles. The lowest BCUT2D eigenvalue weighted by atomic mass is 10.2. The summed E-state index contributed by atoms with van der Waals surface area (Å²) < 4.78 is 5.03. The lowest BCUT2D eigenvalue weighted by Crippen LogP contribution is -2.17. The van der Waals surface area contributed by atoms with Crippen LogP contribution in [-0.2, 0) is 0 Å². The third kappa shape index (κ3) is 4.27. The number of ether oxygens (including phenoxy) is 1. The monoisotopic (exact) mass is 333 g/mol. The zero-order valence-electron chi connectivity index (χ0n) is 12.0. The molecule has 0 fully saturated rings. The second-order valence-electron chi connectivity index (χ2n) is 4.40. The Morgan fingerprint density at radius 1 is 1.30 bits per heavy atom. The van der Waals surface area contributed by atoms with Crippen molar-refractivity contribution in [2.45, 2.75) is 0 Å². The summed E-state index contributed by atoms with van der Waals surface area (Å²) in [6.45, 7) is 0. The first-order valence-electron chi connectivity index (χ1n) is 6.42. The van der Waals surface area contributed by atoms with E-state index in [9.17, 15) is 14.9 Å². The summed E-state index contributed by atoms with van der Waals surface area (Å²) in [5.74, 6) is 0.0643. The summed E-state index contributed by atoms with van der Waals surface area (Å²) in [7, 11) is 1.51. The quantitative estimate of drug-likeness (QED) is 0.517. The molecule has 0 spiro atoms. The summed E-state index contributed by atoms with van der Waals surface area (Å²) in [6, 6.07) is 10.3. The van der Waals surface area contributed by atoms with Crippen LogP contribution in [0.5, 0.6) is 5.75 Å². The summed E-state index contributed by atoms with van der Waals surface area (Å²) in [6.07, 6.45) is 1.43. The molecule has 0 bridgehead atoms. The molecule has 2 aromatic rings. The molecule has 8 heteroatoms. The van der Waals surface area contributed by atoms with Gasteiger partial charge < -0.3 is 4.74 Å². The molecule has 0 unspecified atom stereocenters. The van der Waals surface area contributed by atoms with E-state index in [4.69, 9.17) is 16.3 Å². The third-order valence-corrected chi connectivity index (χ3v) is 3.19. The van der Waals surface area contributed by atoms with Crippen LogP contribution < -0.4 is 10.2 Å². The SMILES string of the molecule is COc1ccc(/C=N\NC(=O)c2ccc([N+](=O)[O-])cc2)cc1Cl. The van der Waals surface area contributed by atoms with Gasteiger partial charge in [-0.05, 0) is 35.9 Å². The predicted molar refractivity (Wildman–Crippen MR) is 86.2 cm³/mol. The number of hydrogen-bond acceptors (Lipinski definition) is 5. The van der Waals surface area contributed by atoms with Crippen molar-refractivity contribution in [3.63, 3.8) is 0 Å². The molecule has 1 amide bonds. The Labute approximate surface area is 136 Å². The van der Waals surface area contributed by atoms with Crippen molar-refractivity contribution in [1.82, 2.24) is 5.43 Å². The zero-order valence-corrected chi connectivity index (χ0v) is 12.8. The Balaban J connectivity index is 2.00. The Bertz CT molecular complexity index is 760. The lowest BCUT2D eigenvalue weighted by molar-refractivity contribution is -0.384. The number of methoxy groups -OCH3 is 1. The van der Waals surface area contributed by atoms with E-state index in [1.165, 1.54) is 37.6 Å². The number of amides is 1. The van der Waals surface area contributed by atoms with Crippen LogP contribution in [-0.4, -0.2) is 24.2 Å². The number of carbonyl (C=O) groups excluding carboxylic acids is 1. The van der Waals surface area contributed by atoms with Gasteiger partial charge in [0.05, 0.1) is 23.3 Å². The van der Waals surface area contributed by atoms with Gasteiger partial charge in [0, 0.05) is 17.7 Å². The highest BCUT2D eigenvalue weighted by atomic mass is 35.5. The topological polar surface area (TPSA) is 93.8 Å². The number of halogens is 1. The number of benzene rings is 2. The van der Waals surface area contributed by atoms with Crippen LogP contribution in [0.3, 0.4) is 0 Å². The number of rotatable bonds is 5. The standard InChI is InChI=1S/C15H12ClN3O4/c1-23-14-7-2-10(8-13(14)16)9-17-18-15(20)11-3-5-12(6-4-11)19(21)22/h2-9H,1H3,(H,18,20)/b17-9-. The van der Waals surface area contributed by atoms with Crippen molar-refractivity contribution in [2.75, 3.05) is 7.11 Å². The first kappa shape index (κ1) is 16.4. The maximum Gasteiger partial charge on any atom is 0.271 e. The number of carbonyl (C=O) groups is 1. The van der Waals surface area contributed by atoms with E-state index < -0.39 is 10.8 Å². The number of nitro benzene ring substituents is 1. The van der Waals surface area contributed by atoms with Crippen LogP contribution in [0.1, 0.15) is 15.9 Å². The van der Waals surface area contributed by atoms with E-state index in [1.807, 2.05) is 0 Å². The summed E-state index contributed by atoms with van der Waals surface area (Å²) in [5.41, 5.74) is 3.19. The van der Waals surface area contributed by atoms with Crippen molar-refractivity contribution in [3.05, 3.63) is 68.7 Å². The average Bonchev–Trinajstić information content (AvgIpc) is 2.55. The van der Waals surface area contributed by atoms with Gasteiger partial charge >= 0.3 is 0 Å². The van der Waals surface area contributed by atoms with Gasteiger partial charge in [-0.1, -0.05) is 11.6 Å². The molecule has 0 radical (unpaired) electrons. The molecule has 0 aromatic heterocycles. The minimum Gasteiger partial charge on any atom is -0.495 e. The molecule has 0 aliphatic heterocycles. The van der Waals surface area contributed by atoms with E-state index in [2.05, 4.69) is 10.5 Å². The number of hydrogen-bond donors (Lipinski definition) is 1. The smallest absolute Gasteiger partial charge is 0.271 e. The zero-order chi connectivity index (χ0) is 16.8. The van der Waals surface area contributed by atoms with Gasteiger partial charge in [-0.3, -0.25) is 14.9 Å². The molecule has 23 heavy (non-hydrogen) atoms. The van der Waals surface area contributed by atoms with Crippen LogP contribution in [0.2, 0.25) is 5.02 Å². The average molecular weight is 334 g/mol. The predicted octanol–water partition coefficient (Wildman–Crippen LogP) is 3.02. The Kier molecular flexibility index (Phi) is 5.27. The Morgan fingerprint density at radius 2 is 2.00 bits per heavy atom. The highest BCUT2D eigenvalue weighted by molar-refractivity contribution is 6.32. The normalized spacial score (nSPS) is 10.5. The number of nitrogens with zero attached hydrogens (tertiary/aromatic N) is 2. The number of hydrazone groups is 1. The highest BCUT2D eigenvalue weighted by Gasteiger charge is 2.08. The Morgan fingerprint density at radius 3 is 2.57 bits per heavy atom. The van der Waals surface area contributed by atoms with Crippen molar-refractivity contribution in [3.8, 4) is 5.75 Å². The molecule has 0 saturated carbocycles. The maximum absolute atomic E-state index is 11.8. The van der Waals surface area contributed by atoms with Gasteiger partial charge in [-0.2, -0.15) is 5.10 Å². The van der Waals surface area contributed by atoms with Crippen molar-refractivity contribution in [2.24, 2.45) is 5.10 Å². The molecule has 0 aliphatic carbocycles. The number of non-ortho nitro benzene ring substituents is 1. The first-order chi connectivity index (χ1) is 11.0. The van der Waals surface area contributed by atoms with Crippen molar-refractivity contribution >= 4 is 29.4 Å². The third-order valence-electron chi connectivity index (χ3n) is 2.90. The fourth-order valence-corrected chi connectivity index (χ4v) is 1.99. The molecule has 0 aliphatic rings. The van der Waals surface area contributed by atoms with Gasteiger partial charge in [0.25, 0.3) is 11.6 Å². The van der Waals surface area contributed by atoms with E-state index >= 15 is 0 Å². The van der Waals surface area contributed by atoms with Gasteiger partial charge in [-0.25, -0.2) is 5.43 Å². The van der Waals surface area contributed by atoms with Crippen LogP contribution in [0.15, 0.2) is 47.6 Å². The maximum atomic E-state index is 11.8. The molecule has 118 valence electrons. The van der Waals surface area contributed by atoms with Gasteiger partial charge in [-0.15, -0.1) is 0 Å². The molecule has 0 saturated heterocycles. The molecule has 0 atom stereocenters. The largest absolute Gasteiger partial charge is 0.495 e. The molecular formula is C15H12ClN3O4. The summed E-state index contributed by atoms with van der Waals surface area (Å²) >= 11 is 5.98. The van der Waals surface area contributed by atoms with E-state index in [1.54, 1.807) is 18.2 Å². The van der Waals surface area contributed by atoms with Crippen molar-refractivity contribution < 1.29 is 14.5 Å². The van der Waals surface area contributed by atoms with E-state index in [-0.39, 0.29) is 11.3 Å². The second-order valence-corrected chi connectivity index (χ2v) is 4.80. The first-order valence-corrected chi connectivity index (χ1v) is 6.80. The van der Waals surface area contributed by atoms with Crippen LogP contribution in [0.25, 0.3) is 0 Å². The fraction of sp³-hybridized carbons (Fsp3) is 0.0667. The van der Waals surface area contributed by atoms with Crippen molar-refractivity contribution in [1.29, 1.82) is 0 Å². The molecular weight excluding hydrogens is 322 g/mol. The molecule has 1 N–H and O–H groups in total. The second kappa shape index (κ2) is 7.37. The minimum absolute atomic E-state index is 0.0853. The number of nitro groups is 1. The summed E-state index contributed by atoms with van der Waals surface area (Å²) in [4.78, 5) is 21.9. The van der Waals surface area contributed by atoms with Gasteiger partial charge in [0.1, 0.15) is 5.75 Å². The lowest BCUT2D eigenvalue weighted by Gasteiger charge is -2.03. The van der Waals surface area contributed by atoms with Crippen LogP contribution >= 0.6 is 11.6 Å². The minimum atomic E-state index is -0.534. The van der Waals surface area contributed by atoms with Gasteiger partial charge in [0.15, 0.2) is 0 Å². The summed E-state index contributed by atoms with van der Waals surface area (Å²) in [5, 5.41) is 14.8. The van der Waals surface area contributed by atoms with E-state index in [0.29, 0.717) is 16.3 Å². The highest BCUT2D eigenvalue weighted by Crippen LogP contribution is 2.24. The van der Waals surface area contributed by atoms with E-state index in [0.717, 1.165) is 0 Å². The Hall–Kier alpha value is -2.93. The van der Waals surface area contributed by atoms with Gasteiger partial charge in [0.2, 0.25) is 0 Å². The molecule has 0 heterocycles. The number of nitrogens with one attached hydrogen (secondary N) is 1. The van der Waals surface area contributed by atoms with Crippen LogP contribution in [0.4, 0.5) is 5.69 Å². The molecule has 2 rings (SSSR count).